The van der Waals surface area contributed by atoms with Crippen molar-refractivity contribution in [3.63, 3.8) is 0 Å². The Morgan fingerprint density at radius 1 is 1.29 bits per heavy atom. The van der Waals surface area contributed by atoms with Crippen LogP contribution in [-0.2, 0) is 0 Å². The minimum Gasteiger partial charge on any atom is -0.493 e. The Labute approximate surface area is 128 Å². The molecular weight excluding hydrogens is 260 g/mol. The number of nitrogens with zero attached hydrogens (tertiary/aromatic N) is 1. The fraction of sp³-hybridized carbons (Fsp3) is 0.667. The predicted octanol–water partition coefficient (Wildman–Crippen LogP) is 3.36. The van der Waals surface area contributed by atoms with E-state index in [9.17, 15) is 0 Å². The van der Waals surface area contributed by atoms with Crippen LogP contribution in [-0.4, -0.2) is 36.7 Å². The predicted molar refractivity (Wildman–Crippen MR) is 86.8 cm³/mol. The summed E-state index contributed by atoms with van der Waals surface area (Å²) in [5, 5.41) is 3.69. The lowest BCUT2D eigenvalue weighted by Crippen LogP contribution is -2.49. The number of hydrogen-bond donors (Lipinski definition) is 1. The first-order valence-corrected chi connectivity index (χ1v) is 8.50. The van der Waals surface area contributed by atoms with Crippen molar-refractivity contribution in [2.75, 3.05) is 19.7 Å². The number of piperidine rings is 1. The van der Waals surface area contributed by atoms with E-state index in [0.717, 1.165) is 25.3 Å². The quantitative estimate of drug-likeness (QED) is 0.919. The molecule has 0 radical (unpaired) electrons. The number of ether oxygens (including phenoxy) is 1. The molecule has 1 saturated heterocycles. The summed E-state index contributed by atoms with van der Waals surface area (Å²) in [7, 11) is 0. The molecule has 2 aliphatic heterocycles. The summed E-state index contributed by atoms with van der Waals surface area (Å²) in [6, 6.07) is 10.5. The van der Waals surface area contributed by atoms with Gasteiger partial charge in [-0.1, -0.05) is 25.1 Å². The van der Waals surface area contributed by atoms with Crippen molar-refractivity contribution in [1.82, 2.24) is 10.2 Å². The highest BCUT2D eigenvalue weighted by Gasteiger charge is 2.33. The Bertz CT molecular complexity index is 462. The summed E-state index contributed by atoms with van der Waals surface area (Å²) < 4.78 is 5.81. The van der Waals surface area contributed by atoms with Gasteiger partial charge in [0.2, 0.25) is 0 Å². The lowest BCUT2D eigenvalue weighted by molar-refractivity contribution is 0.0632. The molecule has 3 nitrogen and oxygen atoms in total. The van der Waals surface area contributed by atoms with E-state index in [1.807, 2.05) is 0 Å². The van der Waals surface area contributed by atoms with E-state index in [0.29, 0.717) is 18.1 Å². The Balaban J connectivity index is 1.68. The molecule has 0 saturated carbocycles. The van der Waals surface area contributed by atoms with Crippen LogP contribution in [0, 0.1) is 0 Å². The lowest BCUT2D eigenvalue weighted by atomic mass is 9.91. The summed E-state index contributed by atoms with van der Waals surface area (Å²) in [6.07, 6.45) is 4.87. The van der Waals surface area contributed by atoms with E-state index < -0.39 is 0 Å². The zero-order valence-corrected chi connectivity index (χ0v) is 13.3. The van der Waals surface area contributed by atoms with Crippen molar-refractivity contribution >= 4 is 0 Å². The molecule has 2 aliphatic rings. The van der Waals surface area contributed by atoms with Crippen LogP contribution in [0.4, 0.5) is 0 Å². The van der Waals surface area contributed by atoms with Gasteiger partial charge in [-0.25, -0.2) is 0 Å². The zero-order valence-electron chi connectivity index (χ0n) is 13.3. The second-order valence-electron chi connectivity index (χ2n) is 6.45. The van der Waals surface area contributed by atoms with E-state index in [4.69, 9.17) is 4.74 Å². The second kappa shape index (κ2) is 6.80. The van der Waals surface area contributed by atoms with Crippen LogP contribution in [0.2, 0.25) is 0 Å². The summed E-state index contributed by atoms with van der Waals surface area (Å²) in [5.41, 5.74) is 1.38. The van der Waals surface area contributed by atoms with Crippen LogP contribution in [0.25, 0.3) is 0 Å². The summed E-state index contributed by atoms with van der Waals surface area (Å²) in [4.78, 5) is 2.70. The molecule has 0 aromatic heterocycles. The van der Waals surface area contributed by atoms with Crippen molar-refractivity contribution in [2.45, 2.75) is 57.7 Å². The average molecular weight is 288 g/mol. The highest BCUT2D eigenvalue weighted by molar-refractivity contribution is 5.37. The fourth-order valence-corrected chi connectivity index (χ4v) is 3.85. The third-order valence-corrected chi connectivity index (χ3v) is 4.94. The third-order valence-electron chi connectivity index (χ3n) is 4.94. The molecule has 2 heterocycles. The van der Waals surface area contributed by atoms with E-state index in [-0.39, 0.29) is 0 Å². The summed E-state index contributed by atoms with van der Waals surface area (Å²) in [5.74, 6) is 1.09. The first kappa shape index (κ1) is 14.9. The van der Waals surface area contributed by atoms with Crippen LogP contribution < -0.4 is 10.1 Å². The Kier molecular flexibility index (Phi) is 4.81. The number of fused-ring (bicyclic) bond motifs is 1. The van der Waals surface area contributed by atoms with Gasteiger partial charge in [-0.05, 0) is 38.8 Å². The van der Waals surface area contributed by atoms with Crippen LogP contribution in [0.1, 0.15) is 51.1 Å². The van der Waals surface area contributed by atoms with Gasteiger partial charge in [0.15, 0.2) is 0 Å². The molecular formula is C18H28N2O. The van der Waals surface area contributed by atoms with Crippen molar-refractivity contribution in [1.29, 1.82) is 0 Å². The molecule has 0 bridgehead atoms. The van der Waals surface area contributed by atoms with Crippen molar-refractivity contribution in [3.8, 4) is 5.75 Å². The van der Waals surface area contributed by atoms with Gasteiger partial charge in [-0.2, -0.15) is 0 Å². The molecule has 1 aromatic carbocycles. The molecule has 1 fully saturated rings. The Morgan fingerprint density at radius 3 is 2.95 bits per heavy atom. The number of benzene rings is 1. The van der Waals surface area contributed by atoms with Gasteiger partial charge in [-0.3, -0.25) is 4.90 Å². The third kappa shape index (κ3) is 3.24. The molecule has 0 amide bonds. The standard InChI is InChI=1S/C18H28N2O/c1-3-10-19-15-8-11-20(14(2)13-15)17-9-12-21-18-7-5-4-6-16(17)18/h4-7,14-15,17,19H,3,8-13H2,1-2H3. The maximum atomic E-state index is 5.81. The van der Waals surface area contributed by atoms with E-state index in [2.05, 4.69) is 48.3 Å². The van der Waals surface area contributed by atoms with E-state index in [1.165, 1.54) is 31.4 Å². The van der Waals surface area contributed by atoms with Crippen LogP contribution >= 0.6 is 0 Å². The molecule has 3 rings (SSSR count). The fourth-order valence-electron chi connectivity index (χ4n) is 3.85. The SMILES string of the molecule is CCCNC1CCN(C2CCOc3ccccc32)C(C)C1. The average Bonchev–Trinajstić information content (AvgIpc) is 2.53. The van der Waals surface area contributed by atoms with Gasteiger partial charge in [-0.15, -0.1) is 0 Å². The van der Waals surface area contributed by atoms with Gasteiger partial charge >= 0.3 is 0 Å². The van der Waals surface area contributed by atoms with Gasteiger partial charge in [0.05, 0.1) is 6.61 Å². The molecule has 0 aliphatic carbocycles. The second-order valence-corrected chi connectivity index (χ2v) is 6.45. The van der Waals surface area contributed by atoms with E-state index in [1.54, 1.807) is 0 Å². The first-order valence-electron chi connectivity index (χ1n) is 8.50. The molecule has 21 heavy (non-hydrogen) atoms. The largest absolute Gasteiger partial charge is 0.493 e. The maximum absolute atomic E-state index is 5.81. The van der Waals surface area contributed by atoms with Gasteiger partial charge in [0.25, 0.3) is 0 Å². The minimum absolute atomic E-state index is 0.539. The number of rotatable bonds is 4. The normalized spacial score (nSPS) is 29.7. The number of para-hydroxylation sites is 1. The topological polar surface area (TPSA) is 24.5 Å². The summed E-state index contributed by atoms with van der Waals surface area (Å²) >= 11 is 0. The number of likely N-dealkylation sites (tertiary alicyclic amines) is 1. The Morgan fingerprint density at radius 2 is 2.14 bits per heavy atom. The van der Waals surface area contributed by atoms with E-state index >= 15 is 0 Å². The molecule has 1 N–H and O–H groups in total. The number of nitrogens with one attached hydrogen (secondary N) is 1. The van der Waals surface area contributed by atoms with Crippen LogP contribution in [0.15, 0.2) is 24.3 Å². The van der Waals surface area contributed by atoms with Gasteiger partial charge in [0, 0.05) is 36.7 Å². The van der Waals surface area contributed by atoms with Crippen molar-refractivity contribution < 1.29 is 4.74 Å². The number of hydrogen-bond acceptors (Lipinski definition) is 3. The minimum atomic E-state index is 0.539. The molecule has 3 atom stereocenters. The van der Waals surface area contributed by atoms with Crippen molar-refractivity contribution in [2.24, 2.45) is 0 Å². The van der Waals surface area contributed by atoms with Gasteiger partial charge < -0.3 is 10.1 Å². The summed E-state index contributed by atoms with van der Waals surface area (Å²) in [6.45, 7) is 7.82. The van der Waals surface area contributed by atoms with Crippen molar-refractivity contribution in [3.05, 3.63) is 29.8 Å². The maximum Gasteiger partial charge on any atom is 0.124 e. The zero-order chi connectivity index (χ0) is 14.7. The van der Waals surface area contributed by atoms with Crippen LogP contribution in [0.3, 0.4) is 0 Å². The highest BCUT2D eigenvalue weighted by Crippen LogP contribution is 2.38. The van der Waals surface area contributed by atoms with Crippen LogP contribution in [0.5, 0.6) is 5.75 Å². The molecule has 3 heteroatoms. The Hall–Kier alpha value is -1.06. The first-order chi connectivity index (χ1) is 10.3. The molecule has 0 spiro atoms. The lowest BCUT2D eigenvalue weighted by Gasteiger charge is -2.44. The molecule has 1 aromatic rings. The monoisotopic (exact) mass is 288 g/mol. The van der Waals surface area contributed by atoms with Gasteiger partial charge in [0.1, 0.15) is 5.75 Å². The highest BCUT2D eigenvalue weighted by atomic mass is 16.5. The molecule has 3 unspecified atom stereocenters. The molecule has 116 valence electrons. The smallest absolute Gasteiger partial charge is 0.124 e.